The average Bonchev–Trinajstić information content (AvgIpc) is 1.55. The molecule has 7 aromatic carbocycles. The van der Waals surface area contributed by atoms with Crippen LogP contribution < -0.4 is 0 Å². The normalized spacial score (nSPS) is 14.9. The number of ketones is 2. The smallest absolute Gasteiger partial charge is 0.194 e. The number of hydrogen-bond acceptors (Lipinski definition) is 12. The molecule has 0 saturated heterocycles. The molecule has 0 saturated carbocycles. The van der Waals surface area contributed by atoms with Gasteiger partial charge in [-0.1, -0.05) is 201 Å². The molecule has 16 heteroatoms. The van der Waals surface area contributed by atoms with Crippen LogP contribution in [-0.2, 0) is 42.9 Å². The fraction of sp³-hybridized carbons (Fsp3) is 0.312. The van der Waals surface area contributed by atoms with Crippen molar-refractivity contribution in [2.75, 3.05) is 0 Å². The first-order chi connectivity index (χ1) is 54.5. The highest BCUT2D eigenvalue weighted by Crippen LogP contribution is 2.62. The van der Waals surface area contributed by atoms with E-state index in [2.05, 4.69) is 161 Å². The molecule has 568 valence electrons. The summed E-state index contributed by atoms with van der Waals surface area (Å²) in [7, 11) is 0. The van der Waals surface area contributed by atoms with Gasteiger partial charge in [-0.15, -0.1) is 58.0 Å². The second-order valence-electron chi connectivity index (χ2n) is 29.7. The summed E-state index contributed by atoms with van der Waals surface area (Å²) in [5, 5.41) is 42.4. The minimum atomic E-state index is -1.85. The highest BCUT2D eigenvalue weighted by molar-refractivity contribution is 8.22. The Labute approximate surface area is 682 Å². The van der Waals surface area contributed by atoms with Crippen molar-refractivity contribution in [2.45, 2.75) is 191 Å². The van der Waals surface area contributed by atoms with Crippen LogP contribution in [0.1, 0.15) is 246 Å². The van der Waals surface area contributed by atoms with Crippen LogP contribution in [0.2, 0.25) is 0 Å². The molecule has 6 nitrogen and oxygen atoms in total. The Bertz CT molecular complexity index is 5330. The van der Waals surface area contributed by atoms with Gasteiger partial charge in [-0.3, -0.25) is 9.59 Å². The molecule has 0 radical (unpaired) electrons. The van der Waals surface area contributed by atoms with Crippen molar-refractivity contribution < 1.29 is 27.2 Å². The van der Waals surface area contributed by atoms with E-state index < -0.39 is 51.7 Å². The molecule has 112 heavy (non-hydrogen) atoms. The van der Waals surface area contributed by atoms with Crippen molar-refractivity contribution in [1.82, 2.24) is 0 Å². The predicted molar refractivity (Wildman–Crippen MR) is 460 cm³/mol. The number of aryl methyl sites for hydroxylation is 4. The Hall–Kier alpha value is -8.94. The van der Waals surface area contributed by atoms with Gasteiger partial charge in [-0.05, 0) is 192 Å². The van der Waals surface area contributed by atoms with E-state index in [-0.39, 0.29) is 39.0 Å². The lowest BCUT2D eigenvalue weighted by Gasteiger charge is -2.23. The number of thioether (sulfide) groups is 4. The van der Waals surface area contributed by atoms with Crippen molar-refractivity contribution in [2.24, 2.45) is 5.41 Å². The van der Waals surface area contributed by atoms with Gasteiger partial charge in [0.05, 0.1) is 16.4 Å². The highest BCUT2D eigenvalue weighted by Gasteiger charge is 2.48. The van der Waals surface area contributed by atoms with Crippen molar-refractivity contribution in [3.05, 3.63) is 287 Å². The van der Waals surface area contributed by atoms with E-state index in [0.29, 0.717) is 27.0 Å². The van der Waals surface area contributed by atoms with Crippen molar-refractivity contribution in [1.29, 1.82) is 21.0 Å². The third-order valence-electron chi connectivity index (χ3n) is 21.6. The minimum Gasteiger partial charge on any atom is -0.289 e. The number of nitriles is 4. The standard InChI is InChI=1S/C96H88F4N4O2S6/c1-6-10-14-18-22-59-26-32-63(33-27-59)54-107-94(108-55-64-34-28-60(29-35-64)23-19-15-11-7-2)87-70-46-77-71(47-76(70)92-79(87)44-69(111-92)45-81-89(96(5,57-103)58-104)73-49-83(98)85(100)51-75(73)91(81)106)88(80-43-68(110-93(77)80)42-78-86(66(52-101)53-102)72-48-82(97)84(99)50-74(72)90(78)105)95(112-67-40-38-62(39-41-67)25-21-17-13-9-4)109-56-65-36-30-61(31-37-65)24-20-16-12-8-3/h26-51,89H,6-25,54-56H2,1-5H3/b78-42-,81-45-,95-88-. The molecule has 0 aliphatic heterocycles. The van der Waals surface area contributed by atoms with Crippen molar-refractivity contribution >= 4 is 110 Å². The van der Waals surface area contributed by atoms with E-state index in [1.54, 1.807) is 59.2 Å². The van der Waals surface area contributed by atoms with Crippen LogP contribution in [0.5, 0.6) is 0 Å². The predicted octanol–water partition coefficient (Wildman–Crippen LogP) is 28.3. The molecule has 1 unspecified atom stereocenters. The third-order valence-corrected chi connectivity index (χ3v) is 28.9. The van der Waals surface area contributed by atoms with E-state index in [0.717, 1.165) is 179 Å². The fourth-order valence-electron chi connectivity index (χ4n) is 15.5. The number of benzene rings is 7. The van der Waals surface area contributed by atoms with Gasteiger partial charge in [0.2, 0.25) is 0 Å². The molecule has 0 spiro atoms. The number of allylic oxidation sites excluding steroid dienone is 4. The molecular formula is C96H88F4N4O2S6. The Morgan fingerprint density at radius 1 is 0.411 bits per heavy atom. The van der Waals surface area contributed by atoms with E-state index in [1.807, 2.05) is 12.1 Å². The number of hydrogen-bond donors (Lipinski definition) is 0. The first-order valence-electron chi connectivity index (χ1n) is 39.2. The second kappa shape index (κ2) is 37.3. The van der Waals surface area contributed by atoms with Gasteiger partial charge in [0.15, 0.2) is 40.3 Å². The number of thiophene rings is 2. The van der Waals surface area contributed by atoms with E-state index in [4.69, 9.17) is 0 Å². The summed E-state index contributed by atoms with van der Waals surface area (Å²) in [4.78, 5) is 33.7. The van der Waals surface area contributed by atoms with Crippen molar-refractivity contribution in [3.8, 4) is 45.2 Å². The largest absolute Gasteiger partial charge is 0.289 e. The van der Waals surface area contributed by atoms with Crippen LogP contribution in [0.4, 0.5) is 17.6 Å². The fourth-order valence-corrected chi connectivity index (χ4v) is 22.5. The van der Waals surface area contributed by atoms with Gasteiger partial charge < -0.3 is 0 Å². The first-order valence-corrected chi connectivity index (χ1v) is 44.6. The molecule has 0 bridgehead atoms. The molecular weight excluding hydrogens is 1510 g/mol. The van der Waals surface area contributed by atoms with E-state index >= 15 is 17.6 Å². The Balaban J connectivity index is 1.03. The number of carbonyl (C=O) groups excluding carboxylic acids is 2. The van der Waals surface area contributed by atoms with Gasteiger partial charge in [0.1, 0.15) is 17.7 Å². The number of nitrogens with zero attached hydrogens (tertiary/aromatic N) is 4. The van der Waals surface area contributed by atoms with Crippen molar-refractivity contribution in [3.63, 3.8) is 0 Å². The topological polar surface area (TPSA) is 129 Å². The van der Waals surface area contributed by atoms with Crippen LogP contribution in [0.25, 0.3) is 49.8 Å². The lowest BCUT2D eigenvalue weighted by atomic mass is 9.74. The first kappa shape index (κ1) is 81.1. The molecule has 2 aromatic heterocycles. The molecule has 13 rings (SSSR count). The zero-order valence-electron chi connectivity index (χ0n) is 63.9. The highest BCUT2D eigenvalue weighted by atomic mass is 32.2. The molecule has 2 heterocycles. The summed E-state index contributed by atoms with van der Waals surface area (Å²) in [5.74, 6) is -5.38. The number of rotatable bonds is 34. The number of unbranched alkanes of at least 4 members (excludes halogenated alkanes) is 12. The van der Waals surface area contributed by atoms with Gasteiger partial charge in [0.25, 0.3) is 0 Å². The summed E-state index contributed by atoms with van der Waals surface area (Å²) in [5.41, 5.74) is 13.7. The minimum absolute atomic E-state index is 0.0219. The van der Waals surface area contributed by atoms with Crippen LogP contribution in [0, 0.1) is 74.0 Å². The van der Waals surface area contributed by atoms with Gasteiger partial charge in [-0.2, -0.15) is 21.0 Å². The molecule has 0 fully saturated rings. The molecule has 9 aromatic rings. The van der Waals surface area contributed by atoms with Gasteiger partial charge >= 0.3 is 0 Å². The summed E-state index contributed by atoms with van der Waals surface area (Å²) in [6.45, 7) is 10.3. The summed E-state index contributed by atoms with van der Waals surface area (Å²) >= 11 is 9.90. The Kier molecular flexibility index (Phi) is 27.0. The zero-order valence-corrected chi connectivity index (χ0v) is 68.8. The maximum atomic E-state index is 15.4. The van der Waals surface area contributed by atoms with E-state index in [9.17, 15) is 30.6 Å². The third kappa shape index (κ3) is 17.9. The van der Waals surface area contributed by atoms with E-state index in [1.165, 1.54) is 110 Å². The summed E-state index contributed by atoms with van der Waals surface area (Å²) < 4.78 is 63.2. The number of halogens is 4. The second-order valence-corrected chi connectivity index (χ2v) is 36.4. The Morgan fingerprint density at radius 3 is 1.21 bits per heavy atom. The summed E-state index contributed by atoms with van der Waals surface area (Å²) in [6.07, 6.45) is 26.0. The average molecular weight is 1600 g/mol. The number of carbonyl (C=O) groups is 2. The van der Waals surface area contributed by atoms with Crippen LogP contribution >= 0.6 is 69.7 Å². The maximum absolute atomic E-state index is 15.4. The maximum Gasteiger partial charge on any atom is 0.194 e. The summed E-state index contributed by atoms with van der Waals surface area (Å²) in [6, 6.07) is 56.2. The molecule has 1 atom stereocenters. The molecule has 0 N–H and O–H groups in total. The Morgan fingerprint density at radius 2 is 0.786 bits per heavy atom. The van der Waals surface area contributed by atoms with Gasteiger partial charge in [0, 0.05) is 113 Å². The molecule has 4 aliphatic carbocycles. The van der Waals surface area contributed by atoms with Gasteiger partial charge in [-0.25, -0.2) is 17.6 Å². The van der Waals surface area contributed by atoms with Crippen LogP contribution in [-0.4, -0.2) is 11.6 Å². The van der Waals surface area contributed by atoms with Crippen LogP contribution in [0.15, 0.2) is 176 Å². The lowest BCUT2D eigenvalue weighted by molar-refractivity contribution is 0.103. The zero-order chi connectivity index (χ0) is 78.6. The monoisotopic (exact) mass is 1600 g/mol. The van der Waals surface area contributed by atoms with Crippen LogP contribution in [0.3, 0.4) is 0 Å². The molecule has 4 aliphatic rings. The SMILES string of the molecule is CCCCCCc1ccc(CSC(SCc2ccc(CCCCCC)cc2)=C2c3cc4c(cc3-c3sc(/C=C5\C(=O)c6cc(F)c(F)cc6C5C(C)(C#N)C#N)cc32)/C(=C(\SCc2ccc(CCCCCC)cc2)Sc2ccc(CCCCCC)cc2)c2cc(/C=C3\C(=O)c5cc(F)c(F)cc5C3=C(C#N)C#N)sc2-4)cc1. The lowest BCUT2D eigenvalue weighted by Crippen LogP contribution is -2.22. The quantitative estimate of drug-likeness (QED) is 0.0126. The number of fused-ring (bicyclic) bond motifs is 8. The molecule has 0 amide bonds. The number of Topliss-reactive ketones (excluding diaryl/α,β-unsaturated/α-hetero) is 2.